The fourth-order valence-corrected chi connectivity index (χ4v) is 1.47. The Balaban J connectivity index is 4.16. The van der Waals surface area contributed by atoms with E-state index >= 15 is 0 Å². The van der Waals surface area contributed by atoms with Crippen molar-refractivity contribution in [2.75, 3.05) is 20.6 Å². The van der Waals surface area contributed by atoms with E-state index in [1.165, 1.54) is 0 Å². The Hall–Kier alpha value is -0.680. The molecule has 0 aliphatic rings. The lowest BCUT2D eigenvalue weighted by atomic mass is 10.0. The molecule has 0 saturated heterocycles. The minimum Gasteiger partial charge on any atom is -0.393 e. The van der Waals surface area contributed by atoms with E-state index in [4.69, 9.17) is 18.0 Å². The van der Waals surface area contributed by atoms with Crippen molar-refractivity contribution in [3.63, 3.8) is 0 Å². The second-order valence-corrected chi connectivity index (χ2v) is 4.77. The smallest absolute Gasteiger partial charge is 0.229 e. The van der Waals surface area contributed by atoms with Crippen molar-refractivity contribution in [2.45, 2.75) is 32.7 Å². The van der Waals surface area contributed by atoms with Crippen LogP contribution in [0, 0.1) is 5.92 Å². The number of carbonyl (C=O) groups excluding carboxylic acids is 1. The third kappa shape index (κ3) is 5.42. The molecule has 1 amide bonds. The van der Waals surface area contributed by atoms with Crippen LogP contribution in [0.15, 0.2) is 0 Å². The standard InChI is InChI=1S/C11H23N3OS/c1-5-6-9(10(12)16)11(15)13-7-8(2)14(3)4/h8-9H,5-7H2,1-4H3,(H2,12,16)(H,13,15). The van der Waals surface area contributed by atoms with Gasteiger partial charge in [-0.05, 0) is 27.4 Å². The van der Waals surface area contributed by atoms with Crippen LogP contribution in [0.25, 0.3) is 0 Å². The normalized spacial score (nSPS) is 14.6. The summed E-state index contributed by atoms with van der Waals surface area (Å²) >= 11 is 4.90. The van der Waals surface area contributed by atoms with Crippen LogP contribution in [0.1, 0.15) is 26.7 Å². The molecule has 0 aromatic heterocycles. The monoisotopic (exact) mass is 245 g/mol. The Bertz CT molecular complexity index is 243. The molecule has 0 bridgehead atoms. The summed E-state index contributed by atoms with van der Waals surface area (Å²) in [5.74, 6) is -0.377. The van der Waals surface area contributed by atoms with Gasteiger partial charge >= 0.3 is 0 Å². The van der Waals surface area contributed by atoms with E-state index in [1.807, 2.05) is 21.0 Å². The average Bonchev–Trinajstić information content (AvgIpc) is 2.21. The molecule has 5 heteroatoms. The van der Waals surface area contributed by atoms with Gasteiger partial charge < -0.3 is 16.0 Å². The van der Waals surface area contributed by atoms with Crippen molar-refractivity contribution in [1.29, 1.82) is 0 Å². The van der Waals surface area contributed by atoms with Gasteiger partial charge in [0.2, 0.25) is 5.91 Å². The van der Waals surface area contributed by atoms with Gasteiger partial charge in [0.05, 0.1) is 10.9 Å². The third-order valence-electron chi connectivity index (χ3n) is 2.69. The maximum absolute atomic E-state index is 11.8. The molecule has 94 valence electrons. The van der Waals surface area contributed by atoms with Gasteiger partial charge in [-0.1, -0.05) is 25.6 Å². The predicted octanol–water partition coefficient (Wildman–Crippen LogP) is 0.755. The van der Waals surface area contributed by atoms with Gasteiger partial charge in [0.15, 0.2) is 0 Å². The number of rotatable bonds is 7. The number of nitrogens with two attached hydrogens (primary N) is 1. The summed E-state index contributed by atoms with van der Waals surface area (Å²) in [5, 5.41) is 2.88. The van der Waals surface area contributed by atoms with Crippen LogP contribution < -0.4 is 11.1 Å². The molecule has 0 saturated carbocycles. The highest BCUT2D eigenvalue weighted by molar-refractivity contribution is 7.80. The molecule has 0 aliphatic carbocycles. The molecule has 2 atom stereocenters. The summed E-state index contributed by atoms with van der Waals surface area (Å²) in [6.45, 7) is 4.69. The minimum absolute atomic E-state index is 0.0527. The summed E-state index contributed by atoms with van der Waals surface area (Å²) in [6, 6.07) is 0.303. The van der Waals surface area contributed by atoms with Gasteiger partial charge in [0.25, 0.3) is 0 Å². The first-order valence-corrected chi connectivity index (χ1v) is 6.04. The predicted molar refractivity (Wildman–Crippen MR) is 71.3 cm³/mol. The molecule has 0 aliphatic heterocycles. The van der Waals surface area contributed by atoms with Crippen LogP contribution >= 0.6 is 12.2 Å². The lowest BCUT2D eigenvalue weighted by Crippen LogP contribution is -2.43. The number of nitrogens with zero attached hydrogens (tertiary/aromatic N) is 1. The fourth-order valence-electron chi connectivity index (χ4n) is 1.25. The highest BCUT2D eigenvalue weighted by Gasteiger charge is 2.20. The molecule has 0 heterocycles. The summed E-state index contributed by atoms with van der Waals surface area (Å²) in [5.41, 5.74) is 5.55. The van der Waals surface area contributed by atoms with Crippen molar-refractivity contribution in [3.8, 4) is 0 Å². The Morgan fingerprint density at radius 3 is 2.44 bits per heavy atom. The van der Waals surface area contributed by atoms with Crippen LogP contribution in [0.2, 0.25) is 0 Å². The van der Waals surface area contributed by atoms with Gasteiger partial charge in [0, 0.05) is 12.6 Å². The molecule has 0 spiro atoms. The maximum Gasteiger partial charge on any atom is 0.229 e. The van der Waals surface area contributed by atoms with Gasteiger partial charge in [-0.15, -0.1) is 0 Å². The first-order chi connectivity index (χ1) is 7.40. The molecular weight excluding hydrogens is 222 g/mol. The topological polar surface area (TPSA) is 58.4 Å². The Kier molecular flexibility index (Phi) is 7.25. The van der Waals surface area contributed by atoms with Crippen molar-refractivity contribution in [3.05, 3.63) is 0 Å². The van der Waals surface area contributed by atoms with E-state index < -0.39 is 0 Å². The van der Waals surface area contributed by atoms with E-state index in [0.29, 0.717) is 12.6 Å². The van der Waals surface area contributed by atoms with Gasteiger partial charge in [-0.2, -0.15) is 0 Å². The van der Waals surface area contributed by atoms with Crippen LogP contribution in [0.5, 0.6) is 0 Å². The molecule has 2 unspecified atom stereocenters. The van der Waals surface area contributed by atoms with Crippen molar-refractivity contribution >= 4 is 23.1 Å². The van der Waals surface area contributed by atoms with Gasteiger partial charge in [-0.25, -0.2) is 0 Å². The fraction of sp³-hybridized carbons (Fsp3) is 0.818. The number of thiocarbonyl (C=S) groups is 1. The molecule has 0 radical (unpaired) electrons. The molecule has 4 nitrogen and oxygen atoms in total. The lowest BCUT2D eigenvalue weighted by molar-refractivity contribution is -0.123. The summed E-state index contributed by atoms with van der Waals surface area (Å²) in [7, 11) is 3.96. The zero-order valence-electron chi connectivity index (χ0n) is 10.6. The van der Waals surface area contributed by atoms with Crippen LogP contribution in [0.4, 0.5) is 0 Å². The zero-order valence-corrected chi connectivity index (χ0v) is 11.4. The van der Waals surface area contributed by atoms with Crippen LogP contribution in [-0.2, 0) is 4.79 Å². The molecule has 0 rings (SSSR count). The SMILES string of the molecule is CCCC(C(=O)NCC(C)N(C)C)C(N)=S. The van der Waals surface area contributed by atoms with E-state index in [1.54, 1.807) is 0 Å². The molecular formula is C11H23N3OS. The quantitative estimate of drug-likeness (QED) is 0.650. The highest BCUT2D eigenvalue weighted by atomic mass is 32.1. The number of carbonyl (C=O) groups is 1. The summed E-state index contributed by atoms with van der Waals surface area (Å²) < 4.78 is 0. The Morgan fingerprint density at radius 2 is 2.06 bits per heavy atom. The van der Waals surface area contributed by atoms with Gasteiger partial charge in [0.1, 0.15) is 0 Å². The van der Waals surface area contributed by atoms with Crippen molar-refractivity contribution in [2.24, 2.45) is 11.7 Å². The summed E-state index contributed by atoms with van der Waals surface area (Å²) in [6.07, 6.45) is 1.62. The molecule has 0 aromatic rings. The largest absolute Gasteiger partial charge is 0.393 e. The molecule has 3 N–H and O–H groups in total. The van der Waals surface area contributed by atoms with Crippen LogP contribution in [-0.4, -0.2) is 42.5 Å². The maximum atomic E-state index is 11.8. The summed E-state index contributed by atoms with van der Waals surface area (Å²) in [4.78, 5) is 14.1. The van der Waals surface area contributed by atoms with Gasteiger partial charge in [-0.3, -0.25) is 4.79 Å². The Labute approximate surface area is 104 Å². The van der Waals surface area contributed by atoms with E-state index in [0.717, 1.165) is 12.8 Å². The number of amides is 1. The lowest BCUT2D eigenvalue weighted by Gasteiger charge is -2.21. The number of likely N-dealkylation sites (N-methyl/N-ethyl adjacent to an activating group) is 1. The van der Waals surface area contributed by atoms with Crippen LogP contribution in [0.3, 0.4) is 0 Å². The second kappa shape index (κ2) is 7.57. The number of hydrogen-bond donors (Lipinski definition) is 2. The van der Waals surface area contributed by atoms with E-state index in [9.17, 15) is 4.79 Å². The van der Waals surface area contributed by atoms with Crippen molar-refractivity contribution < 1.29 is 4.79 Å². The molecule has 0 aromatic carbocycles. The second-order valence-electron chi connectivity index (χ2n) is 4.30. The third-order valence-corrected chi connectivity index (χ3v) is 2.98. The highest BCUT2D eigenvalue weighted by Crippen LogP contribution is 2.07. The van der Waals surface area contributed by atoms with E-state index in [2.05, 4.69) is 17.1 Å². The number of nitrogens with one attached hydrogen (secondary N) is 1. The average molecular weight is 245 g/mol. The molecule has 16 heavy (non-hydrogen) atoms. The zero-order chi connectivity index (χ0) is 12.7. The minimum atomic E-state index is -0.325. The first-order valence-electron chi connectivity index (χ1n) is 5.63. The molecule has 0 fully saturated rings. The number of hydrogen-bond acceptors (Lipinski definition) is 3. The van der Waals surface area contributed by atoms with E-state index in [-0.39, 0.29) is 16.8 Å². The van der Waals surface area contributed by atoms with Crippen molar-refractivity contribution in [1.82, 2.24) is 10.2 Å². The first kappa shape index (κ1) is 15.3. The Morgan fingerprint density at radius 1 is 1.50 bits per heavy atom.